The Balaban J connectivity index is 1.95. The Kier molecular flexibility index (Phi) is 3.57. The number of sulfone groups is 1. The third-order valence-electron chi connectivity index (χ3n) is 5.20. The zero-order valence-electron chi connectivity index (χ0n) is 14.0. The first-order chi connectivity index (χ1) is 12.0. The van der Waals surface area contributed by atoms with Gasteiger partial charge in [-0.15, -0.1) is 0 Å². The molecule has 2 N–H and O–H groups in total. The molecule has 1 aliphatic rings. The number of hydrogen-bond donors (Lipinski definition) is 1. The van der Waals surface area contributed by atoms with Gasteiger partial charge in [-0.25, -0.2) is 18.4 Å². The number of benzene rings is 1. The highest BCUT2D eigenvalue weighted by molar-refractivity contribution is 7.92. The van der Waals surface area contributed by atoms with E-state index in [2.05, 4.69) is 16.9 Å². The minimum absolute atomic E-state index is 0.0636. The predicted molar refractivity (Wildman–Crippen MR) is 95.8 cm³/mol. The summed E-state index contributed by atoms with van der Waals surface area (Å²) in [6.45, 7) is 2.83. The fourth-order valence-electron chi connectivity index (χ4n) is 3.32. The Morgan fingerprint density at radius 2 is 1.84 bits per heavy atom. The van der Waals surface area contributed by atoms with Crippen molar-refractivity contribution in [1.82, 2.24) is 14.5 Å². The SMILES string of the molecule is CCC1(Cn2c(N)c(S(=O)(=O)c3ccccc3)c3nccnc32)CC1. The molecule has 6 nitrogen and oxygen atoms in total. The standard InChI is InChI=1S/C18H20N4O2S/c1-2-18(8-9-18)12-22-16(19)15(14-17(22)21-11-10-20-14)25(23,24)13-6-4-3-5-7-13/h3-7,10-11H,2,8-9,12,19H2,1H3. The first-order valence-corrected chi connectivity index (χ1v) is 9.86. The van der Waals surface area contributed by atoms with Crippen LogP contribution in [0.2, 0.25) is 0 Å². The van der Waals surface area contributed by atoms with E-state index in [1.807, 2.05) is 4.57 Å². The van der Waals surface area contributed by atoms with Crippen LogP contribution in [0.3, 0.4) is 0 Å². The van der Waals surface area contributed by atoms with Crippen LogP contribution in [0.15, 0.2) is 52.5 Å². The highest BCUT2D eigenvalue weighted by Gasteiger charge is 2.42. The van der Waals surface area contributed by atoms with Crippen molar-refractivity contribution in [2.24, 2.45) is 5.41 Å². The first-order valence-electron chi connectivity index (χ1n) is 8.37. The molecule has 3 aromatic rings. The van der Waals surface area contributed by atoms with E-state index in [9.17, 15) is 8.42 Å². The van der Waals surface area contributed by atoms with Crippen LogP contribution >= 0.6 is 0 Å². The molecular weight excluding hydrogens is 336 g/mol. The molecule has 0 spiro atoms. The van der Waals surface area contributed by atoms with Crippen LogP contribution in [0.5, 0.6) is 0 Å². The molecule has 25 heavy (non-hydrogen) atoms. The molecule has 1 aromatic carbocycles. The summed E-state index contributed by atoms with van der Waals surface area (Å²) in [5.74, 6) is 0.227. The number of anilines is 1. The van der Waals surface area contributed by atoms with Gasteiger partial charge < -0.3 is 10.3 Å². The van der Waals surface area contributed by atoms with Gasteiger partial charge in [0.25, 0.3) is 0 Å². The van der Waals surface area contributed by atoms with Crippen molar-refractivity contribution >= 4 is 26.8 Å². The molecule has 0 bridgehead atoms. The van der Waals surface area contributed by atoms with E-state index >= 15 is 0 Å². The third-order valence-corrected chi connectivity index (χ3v) is 7.03. The Bertz CT molecular complexity index is 1040. The van der Waals surface area contributed by atoms with E-state index < -0.39 is 9.84 Å². The number of nitrogens with two attached hydrogens (primary N) is 1. The van der Waals surface area contributed by atoms with E-state index in [-0.39, 0.29) is 21.0 Å². The molecule has 0 unspecified atom stereocenters. The number of nitrogen functional groups attached to an aromatic ring is 1. The highest BCUT2D eigenvalue weighted by Crippen LogP contribution is 2.51. The lowest BCUT2D eigenvalue weighted by Crippen LogP contribution is -2.14. The van der Waals surface area contributed by atoms with Crippen molar-refractivity contribution in [1.29, 1.82) is 0 Å². The smallest absolute Gasteiger partial charge is 0.212 e. The molecule has 1 saturated carbocycles. The quantitative estimate of drug-likeness (QED) is 0.759. The van der Waals surface area contributed by atoms with Gasteiger partial charge in [-0.05, 0) is 36.8 Å². The van der Waals surface area contributed by atoms with Gasteiger partial charge in [-0.2, -0.15) is 0 Å². The van der Waals surface area contributed by atoms with Crippen LogP contribution < -0.4 is 5.73 Å². The molecule has 2 heterocycles. The molecule has 1 aliphatic carbocycles. The second kappa shape index (κ2) is 5.56. The largest absolute Gasteiger partial charge is 0.384 e. The summed E-state index contributed by atoms with van der Waals surface area (Å²) < 4.78 is 28.2. The number of fused-ring (bicyclic) bond motifs is 1. The van der Waals surface area contributed by atoms with Gasteiger partial charge in [-0.3, -0.25) is 0 Å². The number of aromatic nitrogens is 3. The van der Waals surface area contributed by atoms with Crippen LogP contribution in [0, 0.1) is 5.41 Å². The van der Waals surface area contributed by atoms with Crippen LogP contribution in [0.25, 0.3) is 11.2 Å². The highest BCUT2D eigenvalue weighted by atomic mass is 32.2. The van der Waals surface area contributed by atoms with Crippen molar-refractivity contribution in [3.05, 3.63) is 42.7 Å². The van der Waals surface area contributed by atoms with Crippen molar-refractivity contribution in [3.8, 4) is 0 Å². The number of rotatable bonds is 5. The average molecular weight is 356 g/mol. The fourth-order valence-corrected chi connectivity index (χ4v) is 4.86. The van der Waals surface area contributed by atoms with Crippen molar-refractivity contribution < 1.29 is 8.42 Å². The summed E-state index contributed by atoms with van der Waals surface area (Å²) in [5.41, 5.74) is 7.41. The van der Waals surface area contributed by atoms with Gasteiger partial charge in [0, 0.05) is 18.9 Å². The van der Waals surface area contributed by atoms with Gasteiger partial charge >= 0.3 is 0 Å². The summed E-state index contributed by atoms with van der Waals surface area (Å²) in [6.07, 6.45) is 6.37. The lowest BCUT2D eigenvalue weighted by molar-refractivity contribution is 0.417. The second-order valence-electron chi connectivity index (χ2n) is 6.70. The molecule has 7 heteroatoms. The minimum Gasteiger partial charge on any atom is -0.384 e. The predicted octanol–water partition coefficient (Wildman–Crippen LogP) is 3.04. The van der Waals surface area contributed by atoms with E-state index in [0.29, 0.717) is 17.7 Å². The van der Waals surface area contributed by atoms with Crippen molar-refractivity contribution in [3.63, 3.8) is 0 Å². The monoisotopic (exact) mass is 356 g/mol. The van der Waals surface area contributed by atoms with E-state index in [1.165, 1.54) is 6.20 Å². The maximum absolute atomic E-state index is 13.2. The van der Waals surface area contributed by atoms with Gasteiger partial charge in [0.15, 0.2) is 5.65 Å². The molecule has 0 saturated heterocycles. The Labute approximate surface area is 146 Å². The zero-order chi connectivity index (χ0) is 17.7. The molecule has 0 atom stereocenters. The molecule has 0 amide bonds. The lowest BCUT2D eigenvalue weighted by Gasteiger charge is -2.15. The molecule has 1 fully saturated rings. The molecule has 2 aromatic heterocycles. The number of hydrogen-bond acceptors (Lipinski definition) is 5. The van der Waals surface area contributed by atoms with Gasteiger partial charge in [-0.1, -0.05) is 25.1 Å². The van der Waals surface area contributed by atoms with Gasteiger partial charge in [0.05, 0.1) is 4.90 Å². The topological polar surface area (TPSA) is 90.9 Å². The summed E-state index contributed by atoms with van der Waals surface area (Å²) in [6, 6.07) is 8.32. The Morgan fingerprint density at radius 1 is 1.16 bits per heavy atom. The second-order valence-corrected chi connectivity index (χ2v) is 8.59. The van der Waals surface area contributed by atoms with E-state index in [1.54, 1.807) is 36.5 Å². The average Bonchev–Trinajstić information content (AvgIpc) is 3.35. The molecular formula is C18H20N4O2S. The summed E-state index contributed by atoms with van der Waals surface area (Å²) >= 11 is 0. The zero-order valence-corrected chi connectivity index (χ0v) is 14.8. The third kappa shape index (κ3) is 2.50. The molecule has 0 aliphatic heterocycles. The normalized spacial score (nSPS) is 16.2. The van der Waals surface area contributed by atoms with E-state index in [0.717, 1.165) is 19.3 Å². The van der Waals surface area contributed by atoms with Crippen LogP contribution in [0.1, 0.15) is 26.2 Å². The van der Waals surface area contributed by atoms with Gasteiger partial charge in [0.1, 0.15) is 16.2 Å². The lowest BCUT2D eigenvalue weighted by atomic mass is 10.0. The number of nitrogens with zero attached hydrogens (tertiary/aromatic N) is 3. The van der Waals surface area contributed by atoms with Crippen molar-refractivity contribution in [2.45, 2.75) is 42.5 Å². The molecule has 0 radical (unpaired) electrons. The van der Waals surface area contributed by atoms with Gasteiger partial charge in [0.2, 0.25) is 9.84 Å². The summed E-state index contributed by atoms with van der Waals surface area (Å²) in [4.78, 5) is 8.94. The maximum Gasteiger partial charge on any atom is 0.212 e. The summed E-state index contributed by atoms with van der Waals surface area (Å²) in [7, 11) is -3.77. The van der Waals surface area contributed by atoms with Crippen molar-refractivity contribution in [2.75, 3.05) is 5.73 Å². The van der Waals surface area contributed by atoms with Crippen LogP contribution in [-0.4, -0.2) is 23.0 Å². The van der Waals surface area contributed by atoms with Crippen LogP contribution in [0.4, 0.5) is 5.82 Å². The Hall–Kier alpha value is -2.41. The van der Waals surface area contributed by atoms with Crippen LogP contribution in [-0.2, 0) is 16.4 Å². The first kappa shape index (κ1) is 16.1. The maximum atomic E-state index is 13.2. The molecule has 130 valence electrons. The van der Waals surface area contributed by atoms with E-state index in [4.69, 9.17) is 5.73 Å². The summed E-state index contributed by atoms with van der Waals surface area (Å²) in [5, 5.41) is 0. The Morgan fingerprint density at radius 3 is 2.48 bits per heavy atom. The minimum atomic E-state index is -3.77. The fraction of sp³-hybridized carbons (Fsp3) is 0.333. The molecule has 4 rings (SSSR count).